The monoisotopic (exact) mass is 553 g/mol. The van der Waals surface area contributed by atoms with E-state index in [1.165, 1.54) is 0 Å². The molecule has 2 aliphatic rings. The lowest BCUT2D eigenvalue weighted by molar-refractivity contribution is 0.0491. The molecule has 1 amide bonds. The Balaban J connectivity index is 1.20. The van der Waals surface area contributed by atoms with E-state index in [9.17, 15) is 4.79 Å². The SMILES string of the molecule is CCCc1nnc(-c2cnc(N3CCN(C4CCN(C(=O)c5ccc(Cl)nc5N)CC4)[C@@H](CC)C3)c(C)n2)o1. The predicted octanol–water partition coefficient (Wildman–Crippen LogP) is 3.62. The van der Waals surface area contributed by atoms with Gasteiger partial charge in [-0.3, -0.25) is 9.69 Å². The second-order valence-corrected chi connectivity index (χ2v) is 10.6. The van der Waals surface area contributed by atoms with Crippen molar-refractivity contribution in [3.8, 4) is 11.6 Å². The minimum absolute atomic E-state index is 0.0772. The van der Waals surface area contributed by atoms with E-state index in [0.29, 0.717) is 48.2 Å². The molecule has 208 valence electrons. The second-order valence-electron chi connectivity index (χ2n) is 10.3. The van der Waals surface area contributed by atoms with E-state index >= 15 is 0 Å². The average Bonchev–Trinajstić information content (AvgIpc) is 3.41. The van der Waals surface area contributed by atoms with Crippen LogP contribution in [-0.4, -0.2) is 85.7 Å². The largest absolute Gasteiger partial charge is 0.419 e. The second kappa shape index (κ2) is 11.8. The fourth-order valence-electron chi connectivity index (χ4n) is 5.67. The fraction of sp³-hybridized carbons (Fsp3) is 0.556. The Labute approximate surface area is 233 Å². The van der Waals surface area contributed by atoms with E-state index in [1.807, 2.05) is 11.8 Å². The van der Waals surface area contributed by atoms with E-state index in [1.54, 1.807) is 18.3 Å². The lowest BCUT2D eigenvalue weighted by atomic mass is 9.97. The van der Waals surface area contributed by atoms with Gasteiger partial charge >= 0.3 is 0 Å². The summed E-state index contributed by atoms with van der Waals surface area (Å²) in [6.45, 7) is 10.4. The van der Waals surface area contributed by atoms with E-state index in [0.717, 1.165) is 63.3 Å². The highest BCUT2D eigenvalue weighted by molar-refractivity contribution is 6.29. The van der Waals surface area contributed by atoms with E-state index in [-0.39, 0.29) is 16.9 Å². The molecule has 0 unspecified atom stereocenters. The van der Waals surface area contributed by atoms with Gasteiger partial charge in [0.15, 0.2) is 0 Å². The van der Waals surface area contributed by atoms with Gasteiger partial charge in [0.25, 0.3) is 11.8 Å². The smallest absolute Gasteiger partial charge is 0.267 e. The molecule has 2 saturated heterocycles. The van der Waals surface area contributed by atoms with Crippen LogP contribution in [0.4, 0.5) is 11.6 Å². The molecule has 5 rings (SSSR count). The number of amides is 1. The maximum absolute atomic E-state index is 13.0. The molecule has 0 aliphatic carbocycles. The Morgan fingerprint density at radius 1 is 1.13 bits per heavy atom. The van der Waals surface area contributed by atoms with E-state index in [4.69, 9.17) is 31.7 Å². The average molecular weight is 554 g/mol. The number of aryl methyl sites for hydroxylation is 2. The molecule has 2 fully saturated rings. The molecule has 11 nitrogen and oxygen atoms in total. The first-order chi connectivity index (χ1) is 18.9. The standard InChI is InChI=1S/C27H36ClN9O2/c1-4-6-23-33-34-26(39-23)21-15-30-25(17(3)31-21)36-13-14-37(18(5-2)16-36)19-9-11-35(12-10-19)27(38)20-7-8-22(28)32-24(20)29/h7-8,15,18-19H,4-6,9-14,16H2,1-3H3,(H2,29,32)/t18-/m0/s1. The van der Waals surface area contributed by atoms with Crippen LogP contribution in [0.25, 0.3) is 11.6 Å². The molecular formula is C27H36ClN9O2. The van der Waals surface area contributed by atoms with Gasteiger partial charge in [-0.1, -0.05) is 25.4 Å². The number of piperidine rings is 1. The summed E-state index contributed by atoms with van der Waals surface area (Å²) in [7, 11) is 0. The normalized spacial score (nSPS) is 19.0. The summed E-state index contributed by atoms with van der Waals surface area (Å²) in [5.41, 5.74) is 7.83. The molecule has 2 aliphatic heterocycles. The molecule has 0 aromatic carbocycles. The first kappa shape index (κ1) is 27.3. The third-order valence-electron chi connectivity index (χ3n) is 7.71. The number of aromatic nitrogens is 5. The number of halogens is 1. The van der Waals surface area contributed by atoms with Gasteiger partial charge in [0.2, 0.25) is 5.89 Å². The number of carbonyl (C=O) groups is 1. The van der Waals surface area contributed by atoms with Crippen LogP contribution in [-0.2, 0) is 6.42 Å². The highest BCUT2D eigenvalue weighted by Crippen LogP contribution is 2.28. The van der Waals surface area contributed by atoms with Gasteiger partial charge in [0, 0.05) is 51.2 Å². The summed E-state index contributed by atoms with van der Waals surface area (Å²) in [5, 5.41) is 8.53. The topological polar surface area (TPSA) is 130 Å². The molecule has 0 bridgehead atoms. The van der Waals surface area contributed by atoms with Gasteiger partial charge < -0.3 is 20.0 Å². The molecule has 5 heterocycles. The zero-order valence-corrected chi connectivity index (χ0v) is 23.6. The maximum Gasteiger partial charge on any atom is 0.267 e. The van der Waals surface area contributed by atoms with Gasteiger partial charge in [0.1, 0.15) is 22.5 Å². The number of nitrogens with two attached hydrogens (primary N) is 1. The highest BCUT2D eigenvalue weighted by Gasteiger charge is 2.35. The van der Waals surface area contributed by atoms with Crippen molar-refractivity contribution in [3.63, 3.8) is 0 Å². The maximum atomic E-state index is 13.0. The zero-order valence-electron chi connectivity index (χ0n) is 22.8. The van der Waals surface area contributed by atoms with Crippen LogP contribution >= 0.6 is 11.6 Å². The molecule has 2 N–H and O–H groups in total. The summed E-state index contributed by atoms with van der Waals surface area (Å²) in [6, 6.07) is 4.10. The van der Waals surface area contributed by atoms with Gasteiger partial charge in [-0.2, -0.15) is 0 Å². The lowest BCUT2D eigenvalue weighted by Gasteiger charge is -2.47. The van der Waals surface area contributed by atoms with Crippen molar-refractivity contribution < 1.29 is 9.21 Å². The van der Waals surface area contributed by atoms with Gasteiger partial charge in [0.05, 0.1) is 17.5 Å². The first-order valence-electron chi connectivity index (χ1n) is 13.8. The fourth-order valence-corrected chi connectivity index (χ4v) is 5.82. The third kappa shape index (κ3) is 5.84. The predicted molar refractivity (Wildman–Crippen MR) is 150 cm³/mol. The molecule has 3 aromatic rings. The van der Waals surface area contributed by atoms with Crippen LogP contribution in [0, 0.1) is 6.92 Å². The van der Waals surface area contributed by atoms with Crippen molar-refractivity contribution >= 4 is 29.1 Å². The Kier molecular flexibility index (Phi) is 8.27. The number of hydrogen-bond donors (Lipinski definition) is 1. The zero-order chi connectivity index (χ0) is 27.5. The number of rotatable bonds is 7. The van der Waals surface area contributed by atoms with Crippen LogP contribution in [0.5, 0.6) is 0 Å². The summed E-state index contributed by atoms with van der Waals surface area (Å²) in [6.07, 6.45) is 6.33. The van der Waals surface area contributed by atoms with Crippen molar-refractivity contribution in [1.82, 2.24) is 34.9 Å². The van der Waals surface area contributed by atoms with Crippen LogP contribution in [0.3, 0.4) is 0 Å². The number of pyridine rings is 1. The van der Waals surface area contributed by atoms with Crippen molar-refractivity contribution in [2.45, 2.75) is 65.0 Å². The number of carbonyl (C=O) groups excluding carboxylic acids is 1. The molecule has 39 heavy (non-hydrogen) atoms. The van der Waals surface area contributed by atoms with Crippen molar-refractivity contribution in [1.29, 1.82) is 0 Å². The summed E-state index contributed by atoms with van der Waals surface area (Å²) >= 11 is 5.90. The summed E-state index contributed by atoms with van der Waals surface area (Å²) in [4.78, 5) is 33.4. The molecule has 1 atom stereocenters. The summed E-state index contributed by atoms with van der Waals surface area (Å²) < 4.78 is 5.74. The van der Waals surface area contributed by atoms with Gasteiger partial charge in [-0.25, -0.2) is 15.0 Å². The number of hydrogen-bond acceptors (Lipinski definition) is 10. The van der Waals surface area contributed by atoms with Crippen LogP contribution in [0.15, 0.2) is 22.7 Å². The Morgan fingerprint density at radius 3 is 2.62 bits per heavy atom. The number of likely N-dealkylation sites (tertiary alicyclic amines) is 1. The lowest BCUT2D eigenvalue weighted by Crippen LogP contribution is -2.59. The molecule has 12 heteroatoms. The van der Waals surface area contributed by atoms with Crippen molar-refractivity contribution in [3.05, 3.63) is 40.6 Å². The summed E-state index contributed by atoms with van der Waals surface area (Å²) in [5.74, 6) is 2.05. The van der Waals surface area contributed by atoms with Crippen LogP contribution in [0.1, 0.15) is 61.5 Å². The first-order valence-corrected chi connectivity index (χ1v) is 14.1. The van der Waals surface area contributed by atoms with Gasteiger partial charge in [-0.05, 0) is 44.7 Å². The number of anilines is 2. The molecular weight excluding hydrogens is 518 g/mol. The Bertz CT molecular complexity index is 1310. The molecule has 0 saturated carbocycles. The third-order valence-corrected chi connectivity index (χ3v) is 7.92. The Morgan fingerprint density at radius 2 is 1.92 bits per heavy atom. The molecule has 0 spiro atoms. The molecule has 3 aromatic heterocycles. The highest BCUT2D eigenvalue weighted by atomic mass is 35.5. The number of nitrogen functional groups attached to an aromatic ring is 1. The van der Waals surface area contributed by atoms with Crippen LogP contribution in [0.2, 0.25) is 5.15 Å². The minimum atomic E-state index is -0.0772. The minimum Gasteiger partial charge on any atom is -0.419 e. The van der Waals surface area contributed by atoms with Gasteiger partial charge in [-0.15, -0.1) is 10.2 Å². The number of nitrogens with zero attached hydrogens (tertiary/aromatic N) is 8. The molecule has 0 radical (unpaired) electrons. The Hall–Kier alpha value is -3.31. The van der Waals surface area contributed by atoms with Crippen LogP contribution < -0.4 is 10.6 Å². The van der Waals surface area contributed by atoms with Crippen molar-refractivity contribution in [2.75, 3.05) is 43.4 Å². The van der Waals surface area contributed by atoms with E-state index in [2.05, 4.69) is 38.8 Å². The van der Waals surface area contributed by atoms with Crippen molar-refractivity contribution in [2.24, 2.45) is 0 Å². The number of piperazine rings is 1. The van der Waals surface area contributed by atoms with E-state index < -0.39 is 0 Å². The quantitative estimate of drug-likeness (QED) is 0.433.